The van der Waals surface area contributed by atoms with E-state index in [2.05, 4.69) is 30.2 Å². The van der Waals surface area contributed by atoms with Gasteiger partial charge in [0.25, 0.3) is 5.91 Å². The Morgan fingerprint density at radius 3 is 2.06 bits per heavy atom. The van der Waals surface area contributed by atoms with Crippen LogP contribution in [0.3, 0.4) is 0 Å². The first-order chi connectivity index (χ1) is 16.4. The fourth-order valence-electron chi connectivity index (χ4n) is 3.52. The molecule has 14 heteroatoms. The molecule has 8 nitrogen and oxygen atoms in total. The fourth-order valence-corrected chi connectivity index (χ4v) is 3.52. The number of hydrogen-bond donors (Lipinski definition) is 1. The molecular weight excluding hydrogens is 480 g/mol. The van der Waals surface area contributed by atoms with Crippen LogP contribution in [0.2, 0.25) is 0 Å². The van der Waals surface area contributed by atoms with Gasteiger partial charge in [0.05, 0.1) is 29.2 Å². The number of carbonyl (C=O) groups is 1. The van der Waals surface area contributed by atoms with E-state index < -0.39 is 40.9 Å². The zero-order valence-corrected chi connectivity index (χ0v) is 18.2. The number of nitrogens with one attached hydrogen (secondary N) is 1. The average Bonchev–Trinajstić information content (AvgIpc) is 3.26. The normalized spacial score (nSPS) is 15.3. The van der Waals surface area contributed by atoms with Gasteiger partial charge in [-0.25, -0.2) is 14.6 Å². The molecule has 1 N–H and O–H groups in total. The summed E-state index contributed by atoms with van der Waals surface area (Å²) in [4.78, 5) is 24.6. The molecule has 1 saturated heterocycles. The maximum atomic E-state index is 13.8. The Hall–Kier alpha value is -3.68. The summed E-state index contributed by atoms with van der Waals surface area (Å²) in [6.07, 6.45) is -7.34. The minimum absolute atomic E-state index is 0.168. The van der Waals surface area contributed by atoms with Gasteiger partial charge in [0.2, 0.25) is 0 Å². The number of hydrogen-bond acceptors (Lipinski definition) is 6. The van der Waals surface area contributed by atoms with E-state index >= 15 is 0 Å². The van der Waals surface area contributed by atoms with Crippen molar-refractivity contribution in [3.05, 3.63) is 59.7 Å². The molecule has 186 valence electrons. The summed E-state index contributed by atoms with van der Waals surface area (Å²) < 4.78 is 80.0. The van der Waals surface area contributed by atoms with Crippen LogP contribution in [0.1, 0.15) is 21.6 Å². The highest BCUT2D eigenvalue weighted by atomic mass is 19.4. The van der Waals surface area contributed by atoms with Gasteiger partial charge in [-0.1, -0.05) is 0 Å². The minimum atomic E-state index is -5.04. The summed E-state index contributed by atoms with van der Waals surface area (Å²) in [5.41, 5.74) is -3.25. The van der Waals surface area contributed by atoms with Crippen molar-refractivity contribution in [1.29, 1.82) is 0 Å². The van der Waals surface area contributed by atoms with Crippen LogP contribution >= 0.6 is 0 Å². The molecule has 0 atom stereocenters. The van der Waals surface area contributed by atoms with Crippen molar-refractivity contribution < 1.29 is 31.1 Å². The van der Waals surface area contributed by atoms with E-state index in [1.807, 2.05) is 7.05 Å². The number of pyridine rings is 2. The molecule has 0 radical (unpaired) electrons. The third-order valence-corrected chi connectivity index (χ3v) is 5.41. The van der Waals surface area contributed by atoms with Gasteiger partial charge in [0.1, 0.15) is 5.82 Å². The summed E-state index contributed by atoms with van der Waals surface area (Å²) in [6, 6.07) is 4.50. The lowest BCUT2D eigenvalue weighted by Crippen LogP contribution is -2.44. The Morgan fingerprint density at radius 2 is 1.51 bits per heavy atom. The number of alkyl halides is 6. The average molecular weight is 499 g/mol. The van der Waals surface area contributed by atoms with Crippen LogP contribution in [0, 0.1) is 0 Å². The number of piperazine rings is 1. The van der Waals surface area contributed by atoms with E-state index in [0.29, 0.717) is 24.3 Å². The lowest BCUT2D eigenvalue weighted by atomic mass is 10.2. The van der Waals surface area contributed by atoms with Crippen LogP contribution < -0.4 is 10.2 Å². The molecule has 1 aliphatic heterocycles. The van der Waals surface area contributed by atoms with Gasteiger partial charge in [-0.2, -0.15) is 31.4 Å². The van der Waals surface area contributed by atoms with Crippen LogP contribution in [0.15, 0.2) is 42.9 Å². The number of anilines is 2. The molecule has 0 spiro atoms. The second-order valence-electron chi connectivity index (χ2n) is 7.87. The first-order valence-electron chi connectivity index (χ1n) is 10.3. The number of likely N-dealkylation sites (N-methyl/N-ethyl adjacent to an activating group) is 1. The Labute approximate surface area is 195 Å². The predicted octanol–water partition coefficient (Wildman–Crippen LogP) is 3.70. The van der Waals surface area contributed by atoms with Gasteiger partial charge in [0, 0.05) is 32.4 Å². The molecule has 0 unspecified atom stereocenters. The molecule has 0 saturated carbocycles. The number of amides is 1. The third-order valence-electron chi connectivity index (χ3n) is 5.41. The van der Waals surface area contributed by atoms with Gasteiger partial charge in [0.15, 0.2) is 11.5 Å². The maximum Gasteiger partial charge on any atom is 0.434 e. The zero-order chi connectivity index (χ0) is 25.4. The standard InChI is InChI=1S/C21H19F6N7O/c1-32-6-8-33(9-7-32)16-5-3-14(11-29-16)31-19(35)15-12-30-34(18(15)21(25,26)27)17-4-2-13(10-28-17)20(22,23)24/h2-5,10-12H,6-9H2,1H3,(H,31,35). The summed E-state index contributed by atoms with van der Waals surface area (Å²) in [6.45, 7) is 3.25. The molecule has 0 aliphatic carbocycles. The van der Waals surface area contributed by atoms with Gasteiger partial charge < -0.3 is 15.1 Å². The molecule has 0 aromatic carbocycles. The fraction of sp³-hybridized carbons (Fsp3) is 0.333. The largest absolute Gasteiger partial charge is 0.434 e. The second kappa shape index (κ2) is 9.17. The number of aromatic nitrogens is 4. The van der Waals surface area contributed by atoms with Crippen molar-refractivity contribution in [1.82, 2.24) is 24.6 Å². The Kier molecular flexibility index (Phi) is 6.40. The maximum absolute atomic E-state index is 13.8. The lowest BCUT2D eigenvalue weighted by Gasteiger charge is -2.33. The molecule has 1 aliphatic rings. The molecule has 3 aromatic rings. The van der Waals surface area contributed by atoms with E-state index in [9.17, 15) is 31.1 Å². The predicted molar refractivity (Wildman–Crippen MR) is 113 cm³/mol. The second-order valence-corrected chi connectivity index (χ2v) is 7.87. The van der Waals surface area contributed by atoms with Gasteiger partial charge in [-0.15, -0.1) is 0 Å². The smallest absolute Gasteiger partial charge is 0.354 e. The van der Waals surface area contributed by atoms with E-state index in [1.54, 1.807) is 6.07 Å². The van der Waals surface area contributed by atoms with Crippen molar-refractivity contribution in [2.45, 2.75) is 12.4 Å². The highest BCUT2D eigenvalue weighted by Gasteiger charge is 2.41. The zero-order valence-electron chi connectivity index (χ0n) is 18.2. The summed E-state index contributed by atoms with van der Waals surface area (Å²) in [5, 5.41) is 5.91. The van der Waals surface area contributed by atoms with Crippen LogP contribution in [0.4, 0.5) is 37.8 Å². The van der Waals surface area contributed by atoms with Crippen LogP contribution in [-0.4, -0.2) is 63.8 Å². The van der Waals surface area contributed by atoms with Crippen LogP contribution in [0.5, 0.6) is 0 Å². The Bertz CT molecular complexity index is 1180. The Balaban J connectivity index is 1.56. The van der Waals surface area contributed by atoms with Gasteiger partial charge >= 0.3 is 12.4 Å². The quantitative estimate of drug-likeness (QED) is 0.552. The summed E-state index contributed by atoms with van der Waals surface area (Å²) in [7, 11) is 2.01. The molecule has 1 fully saturated rings. The number of carbonyl (C=O) groups excluding carboxylic acids is 1. The molecule has 1 amide bonds. The first-order valence-corrected chi connectivity index (χ1v) is 10.3. The van der Waals surface area contributed by atoms with Gasteiger partial charge in [-0.3, -0.25) is 4.79 Å². The van der Waals surface area contributed by atoms with Crippen LogP contribution in [0.25, 0.3) is 5.82 Å². The topological polar surface area (TPSA) is 79.2 Å². The van der Waals surface area contributed by atoms with Crippen molar-refractivity contribution >= 4 is 17.4 Å². The summed E-state index contributed by atoms with van der Waals surface area (Å²) in [5.74, 6) is -0.958. The van der Waals surface area contributed by atoms with Crippen molar-refractivity contribution in [2.75, 3.05) is 43.4 Å². The number of nitrogens with zero attached hydrogens (tertiary/aromatic N) is 6. The van der Waals surface area contributed by atoms with E-state index in [0.717, 1.165) is 32.2 Å². The van der Waals surface area contributed by atoms with Crippen molar-refractivity contribution in [3.8, 4) is 5.82 Å². The van der Waals surface area contributed by atoms with E-state index in [-0.39, 0.29) is 10.4 Å². The lowest BCUT2D eigenvalue weighted by molar-refractivity contribution is -0.143. The molecule has 4 heterocycles. The van der Waals surface area contributed by atoms with E-state index in [1.165, 1.54) is 12.3 Å². The number of rotatable bonds is 4. The SMILES string of the molecule is CN1CCN(c2ccc(NC(=O)c3cnn(-c4ccc(C(F)(F)F)cn4)c3C(F)(F)F)cn2)CC1. The molecule has 0 bridgehead atoms. The van der Waals surface area contributed by atoms with Crippen molar-refractivity contribution in [3.63, 3.8) is 0 Å². The third kappa shape index (κ3) is 5.37. The van der Waals surface area contributed by atoms with E-state index in [4.69, 9.17) is 0 Å². The summed E-state index contributed by atoms with van der Waals surface area (Å²) >= 11 is 0. The molecule has 35 heavy (non-hydrogen) atoms. The molecule has 3 aromatic heterocycles. The van der Waals surface area contributed by atoms with Crippen molar-refractivity contribution in [2.24, 2.45) is 0 Å². The van der Waals surface area contributed by atoms with Gasteiger partial charge in [-0.05, 0) is 31.3 Å². The Morgan fingerprint density at radius 1 is 0.857 bits per heavy atom. The highest BCUT2D eigenvalue weighted by Crippen LogP contribution is 2.34. The monoisotopic (exact) mass is 499 g/mol. The van der Waals surface area contributed by atoms with Crippen LogP contribution in [-0.2, 0) is 12.4 Å². The highest BCUT2D eigenvalue weighted by molar-refractivity contribution is 6.05. The molecule has 4 rings (SSSR count). The first kappa shape index (κ1) is 24.4. The minimum Gasteiger partial charge on any atom is -0.354 e. The molecular formula is C21H19F6N7O. The number of halogens is 6.